The van der Waals surface area contributed by atoms with Crippen molar-refractivity contribution in [1.29, 1.82) is 0 Å². The highest BCUT2D eigenvalue weighted by Gasteiger charge is 1.87. The first-order chi connectivity index (χ1) is 3.93. The van der Waals surface area contributed by atoms with Gasteiger partial charge in [0.1, 0.15) is 5.76 Å². The zero-order chi connectivity index (χ0) is 5.82. The summed E-state index contributed by atoms with van der Waals surface area (Å²) in [5.41, 5.74) is 0. The van der Waals surface area contributed by atoms with E-state index in [-0.39, 0.29) is 12.4 Å². The first-order valence-electron chi connectivity index (χ1n) is 2.60. The van der Waals surface area contributed by atoms with Crippen LogP contribution in [0.1, 0.15) is 5.76 Å². The summed E-state index contributed by atoms with van der Waals surface area (Å²) in [7, 11) is 1.89. The smallest absolute Gasteiger partial charge is 0.117 e. The van der Waals surface area contributed by atoms with Gasteiger partial charge in [-0.1, -0.05) is 0 Å². The summed E-state index contributed by atoms with van der Waals surface area (Å²) in [6, 6.07) is 3.82. The maximum atomic E-state index is 5.01. The molecular weight excluding hydrogens is 138 g/mol. The Morgan fingerprint density at radius 3 is 2.89 bits per heavy atom. The minimum Gasteiger partial charge on any atom is -0.468 e. The molecule has 0 aliphatic rings. The van der Waals surface area contributed by atoms with Gasteiger partial charge in [0.05, 0.1) is 12.8 Å². The average Bonchev–Trinajstić information content (AvgIpc) is 2.19. The van der Waals surface area contributed by atoms with Crippen LogP contribution in [0.3, 0.4) is 0 Å². The summed E-state index contributed by atoms with van der Waals surface area (Å²) in [6.07, 6.45) is 1.67. The van der Waals surface area contributed by atoms with Crippen molar-refractivity contribution in [2.45, 2.75) is 6.54 Å². The Bertz CT molecular complexity index is 139. The molecule has 52 valence electrons. The quantitative estimate of drug-likeness (QED) is 0.685. The van der Waals surface area contributed by atoms with Crippen LogP contribution in [-0.4, -0.2) is 7.05 Å². The van der Waals surface area contributed by atoms with Gasteiger partial charge in [0.2, 0.25) is 0 Å². The van der Waals surface area contributed by atoms with E-state index in [2.05, 4.69) is 5.32 Å². The van der Waals surface area contributed by atoms with Crippen LogP contribution in [0, 0.1) is 0 Å². The molecule has 0 bridgehead atoms. The average molecular weight is 148 g/mol. The summed E-state index contributed by atoms with van der Waals surface area (Å²) < 4.78 is 5.01. The first-order valence-corrected chi connectivity index (χ1v) is 2.60. The predicted molar refractivity (Wildman–Crippen MR) is 38.7 cm³/mol. The first kappa shape index (κ1) is 8.53. The summed E-state index contributed by atoms with van der Waals surface area (Å²) in [6.45, 7) is 0.812. The minimum absolute atomic E-state index is 0. The lowest BCUT2D eigenvalue weighted by atomic mass is 10.4. The Hall–Kier alpha value is -0.470. The molecule has 1 aromatic heterocycles. The van der Waals surface area contributed by atoms with Crippen LogP contribution in [0.4, 0.5) is 0 Å². The van der Waals surface area contributed by atoms with E-state index in [9.17, 15) is 0 Å². The molecule has 1 rings (SSSR count). The number of hydrogen-bond acceptors (Lipinski definition) is 2. The van der Waals surface area contributed by atoms with E-state index in [1.165, 1.54) is 0 Å². The normalized spacial score (nSPS) is 8.56. The van der Waals surface area contributed by atoms with Crippen molar-refractivity contribution in [3.05, 3.63) is 24.2 Å². The standard InChI is InChI=1S/C6H9NO.ClH/c1-7-5-6-3-2-4-8-6;/h2-4,7H,5H2,1H3;1H. The monoisotopic (exact) mass is 147 g/mol. The highest BCUT2D eigenvalue weighted by Crippen LogP contribution is 1.96. The topological polar surface area (TPSA) is 25.2 Å². The van der Waals surface area contributed by atoms with Gasteiger partial charge >= 0.3 is 0 Å². The van der Waals surface area contributed by atoms with Gasteiger partial charge in [-0.05, 0) is 19.2 Å². The Morgan fingerprint density at radius 2 is 2.44 bits per heavy atom. The van der Waals surface area contributed by atoms with Gasteiger partial charge in [0, 0.05) is 0 Å². The molecule has 0 amide bonds. The molecule has 0 aromatic carbocycles. The van der Waals surface area contributed by atoms with Crippen molar-refractivity contribution in [1.82, 2.24) is 5.32 Å². The van der Waals surface area contributed by atoms with Crippen molar-refractivity contribution >= 4 is 12.4 Å². The van der Waals surface area contributed by atoms with Gasteiger partial charge < -0.3 is 9.73 Å². The SMILES string of the molecule is CNCc1ccco1.Cl. The number of nitrogens with one attached hydrogen (secondary N) is 1. The van der Waals surface area contributed by atoms with Crippen molar-refractivity contribution in [2.24, 2.45) is 0 Å². The zero-order valence-corrected chi connectivity index (χ0v) is 6.07. The molecule has 9 heavy (non-hydrogen) atoms. The van der Waals surface area contributed by atoms with Crippen LogP contribution in [-0.2, 0) is 6.54 Å². The van der Waals surface area contributed by atoms with Crippen LogP contribution >= 0.6 is 12.4 Å². The van der Waals surface area contributed by atoms with Crippen LogP contribution in [0.25, 0.3) is 0 Å². The molecule has 0 spiro atoms. The molecule has 0 fully saturated rings. The highest BCUT2D eigenvalue weighted by atomic mass is 35.5. The lowest BCUT2D eigenvalue weighted by Gasteiger charge is -1.89. The minimum atomic E-state index is 0. The lowest BCUT2D eigenvalue weighted by Crippen LogP contribution is -2.03. The molecule has 0 radical (unpaired) electrons. The predicted octanol–water partition coefficient (Wildman–Crippen LogP) is 1.42. The lowest BCUT2D eigenvalue weighted by molar-refractivity contribution is 0.495. The molecule has 1 aromatic rings. The van der Waals surface area contributed by atoms with Crippen molar-refractivity contribution < 1.29 is 4.42 Å². The fraction of sp³-hybridized carbons (Fsp3) is 0.333. The Morgan fingerprint density at radius 1 is 1.67 bits per heavy atom. The van der Waals surface area contributed by atoms with Gasteiger partial charge in [-0.15, -0.1) is 12.4 Å². The third-order valence-corrected chi connectivity index (χ3v) is 0.931. The van der Waals surface area contributed by atoms with Crippen LogP contribution in [0.5, 0.6) is 0 Å². The molecule has 1 heterocycles. The molecule has 0 saturated carbocycles. The summed E-state index contributed by atoms with van der Waals surface area (Å²) in [5.74, 6) is 0.979. The van der Waals surface area contributed by atoms with Gasteiger partial charge in [-0.2, -0.15) is 0 Å². The molecule has 0 unspecified atom stereocenters. The second-order valence-electron chi connectivity index (χ2n) is 1.61. The molecular formula is C6H10ClNO. The van der Waals surface area contributed by atoms with E-state index < -0.39 is 0 Å². The molecule has 3 heteroatoms. The van der Waals surface area contributed by atoms with Crippen LogP contribution < -0.4 is 5.32 Å². The van der Waals surface area contributed by atoms with E-state index in [4.69, 9.17) is 4.42 Å². The van der Waals surface area contributed by atoms with E-state index >= 15 is 0 Å². The maximum absolute atomic E-state index is 5.01. The van der Waals surface area contributed by atoms with Crippen molar-refractivity contribution in [3.63, 3.8) is 0 Å². The van der Waals surface area contributed by atoms with Crippen LogP contribution in [0.2, 0.25) is 0 Å². The number of halogens is 1. The van der Waals surface area contributed by atoms with Crippen molar-refractivity contribution in [2.75, 3.05) is 7.05 Å². The molecule has 0 saturated heterocycles. The third-order valence-electron chi connectivity index (χ3n) is 0.931. The van der Waals surface area contributed by atoms with Crippen LogP contribution in [0.15, 0.2) is 22.8 Å². The largest absolute Gasteiger partial charge is 0.468 e. The zero-order valence-electron chi connectivity index (χ0n) is 5.26. The summed E-state index contributed by atoms with van der Waals surface area (Å²) in [4.78, 5) is 0. The summed E-state index contributed by atoms with van der Waals surface area (Å²) in [5, 5.41) is 2.98. The summed E-state index contributed by atoms with van der Waals surface area (Å²) >= 11 is 0. The third kappa shape index (κ3) is 2.54. The van der Waals surface area contributed by atoms with E-state index in [1.54, 1.807) is 6.26 Å². The second kappa shape index (κ2) is 4.41. The highest BCUT2D eigenvalue weighted by molar-refractivity contribution is 5.85. The molecule has 2 nitrogen and oxygen atoms in total. The van der Waals surface area contributed by atoms with E-state index in [1.807, 2.05) is 19.2 Å². The van der Waals surface area contributed by atoms with E-state index in [0.717, 1.165) is 12.3 Å². The Labute approximate surface area is 60.7 Å². The fourth-order valence-corrected chi connectivity index (χ4v) is 0.587. The second-order valence-corrected chi connectivity index (χ2v) is 1.61. The van der Waals surface area contributed by atoms with Gasteiger partial charge in [-0.25, -0.2) is 0 Å². The Kier molecular flexibility index (Phi) is 4.18. The fourth-order valence-electron chi connectivity index (χ4n) is 0.587. The van der Waals surface area contributed by atoms with E-state index in [0.29, 0.717) is 0 Å². The molecule has 0 aliphatic heterocycles. The molecule has 1 N–H and O–H groups in total. The van der Waals surface area contributed by atoms with Gasteiger partial charge in [0.25, 0.3) is 0 Å². The Balaban J connectivity index is 0.000000640. The number of rotatable bonds is 2. The maximum Gasteiger partial charge on any atom is 0.117 e. The van der Waals surface area contributed by atoms with Gasteiger partial charge in [0.15, 0.2) is 0 Å². The molecule has 0 atom stereocenters. The van der Waals surface area contributed by atoms with Gasteiger partial charge in [-0.3, -0.25) is 0 Å². The number of hydrogen-bond donors (Lipinski definition) is 1. The molecule has 0 aliphatic carbocycles. The number of furan rings is 1. The van der Waals surface area contributed by atoms with Crippen molar-refractivity contribution in [3.8, 4) is 0 Å².